The van der Waals surface area contributed by atoms with Crippen molar-refractivity contribution in [1.82, 2.24) is 5.32 Å². The third kappa shape index (κ3) is 5.88. The predicted molar refractivity (Wildman–Crippen MR) is 106 cm³/mol. The summed E-state index contributed by atoms with van der Waals surface area (Å²) >= 11 is 0. The second-order valence-corrected chi connectivity index (χ2v) is 7.75. The molecule has 1 saturated heterocycles. The number of aliphatic hydroxyl groups is 6. The molecule has 4 atom stereocenters. The molecule has 7 N–H and O–H groups in total. The Labute approximate surface area is 175 Å². The molecule has 0 spiro atoms. The minimum absolute atomic E-state index is 0.0402. The van der Waals surface area contributed by atoms with E-state index in [1.165, 1.54) is 0 Å². The Morgan fingerprint density at radius 2 is 1.60 bits per heavy atom. The molecule has 0 aliphatic carbocycles. The highest BCUT2D eigenvalue weighted by atomic mass is 16.7. The van der Waals surface area contributed by atoms with Crippen LogP contribution in [0.15, 0.2) is 24.3 Å². The Morgan fingerprint density at radius 1 is 1.03 bits per heavy atom. The summed E-state index contributed by atoms with van der Waals surface area (Å²) in [6, 6.07) is 7.00. The first-order valence-electron chi connectivity index (χ1n) is 9.90. The van der Waals surface area contributed by atoms with Crippen molar-refractivity contribution in [3.63, 3.8) is 0 Å². The molecule has 1 aromatic carbocycles. The Hall–Kier alpha value is -1.34. The highest BCUT2D eigenvalue weighted by Crippen LogP contribution is 2.41. The van der Waals surface area contributed by atoms with Crippen molar-refractivity contribution < 1.29 is 44.8 Å². The standard InChI is InChI=1S/C20H33NO9/c1-19(2,27)20(29-9-10-30-20)13-3-5-14(6-4-13)28-8-7-21-11-15(23)17(25)18(26)16(24)12-22/h3-6,15-18,21-27H,7-12H2,1-2H3/t15-,16+,17+,18+/m0/s1. The van der Waals surface area contributed by atoms with E-state index in [4.69, 9.17) is 19.3 Å². The maximum Gasteiger partial charge on any atom is 0.224 e. The van der Waals surface area contributed by atoms with Gasteiger partial charge in [0.05, 0.1) is 25.9 Å². The van der Waals surface area contributed by atoms with Gasteiger partial charge in [0.15, 0.2) is 0 Å². The Bertz CT molecular complexity index is 628. The normalized spacial score (nSPS) is 20.5. The summed E-state index contributed by atoms with van der Waals surface area (Å²) in [4.78, 5) is 0. The molecule has 172 valence electrons. The lowest BCUT2D eigenvalue weighted by molar-refractivity contribution is -0.266. The van der Waals surface area contributed by atoms with Crippen LogP contribution >= 0.6 is 0 Å². The van der Waals surface area contributed by atoms with Crippen LogP contribution in [0.1, 0.15) is 19.4 Å². The minimum atomic E-state index is -1.65. The van der Waals surface area contributed by atoms with E-state index in [-0.39, 0.29) is 13.2 Å². The average Bonchev–Trinajstić information content (AvgIpc) is 3.23. The van der Waals surface area contributed by atoms with Gasteiger partial charge in [-0.05, 0) is 38.1 Å². The quantitative estimate of drug-likeness (QED) is 0.185. The van der Waals surface area contributed by atoms with Crippen LogP contribution in [0.5, 0.6) is 5.75 Å². The van der Waals surface area contributed by atoms with Crippen LogP contribution in [0.3, 0.4) is 0 Å². The fraction of sp³-hybridized carbons (Fsp3) is 0.700. The van der Waals surface area contributed by atoms with Crippen molar-refractivity contribution in [1.29, 1.82) is 0 Å². The van der Waals surface area contributed by atoms with Crippen LogP contribution in [-0.2, 0) is 15.3 Å². The number of rotatable bonds is 12. The minimum Gasteiger partial charge on any atom is -0.492 e. The van der Waals surface area contributed by atoms with Gasteiger partial charge >= 0.3 is 0 Å². The van der Waals surface area contributed by atoms with Crippen LogP contribution in [0, 0.1) is 0 Å². The number of nitrogens with one attached hydrogen (secondary N) is 1. The van der Waals surface area contributed by atoms with Gasteiger partial charge in [-0.2, -0.15) is 0 Å². The molecule has 2 rings (SSSR count). The molecule has 0 bridgehead atoms. The Kier molecular flexibility index (Phi) is 8.98. The fourth-order valence-electron chi connectivity index (χ4n) is 3.23. The van der Waals surface area contributed by atoms with E-state index in [9.17, 15) is 25.5 Å². The highest BCUT2D eigenvalue weighted by molar-refractivity contribution is 5.32. The third-order valence-electron chi connectivity index (χ3n) is 4.96. The van der Waals surface area contributed by atoms with Crippen LogP contribution in [0.25, 0.3) is 0 Å². The van der Waals surface area contributed by atoms with Crippen molar-refractivity contribution in [2.24, 2.45) is 0 Å². The number of hydrogen-bond donors (Lipinski definition) is 7. The van der Waals surface area contributed by atoms with Gasteiger partial charge < -0.3 is 50.2 Å². The van der Waals surface area contributed by atoms with Gasteiger partial charge in [-0.15, -0.1) is 0 Å². The number of hydrogen-bond acceptors (Lipinski definition) is 10. The lowest BCUT2D eigenvalue weighted by Crippen LogP contribution is -2.49. The van der Waals surface area contributed by atoms with E-state index >= 15 is 0 Å². The summed E-state index contributed by atoms with van der Waals surface area (Å²) in [5.74, 6) is -0.635. The molecule has 10 heteroatoms. The fourth-order valence-corrected chi connectivity index (χ4v) is 3.23. The van der Waals surface area contributed by atoms with Crippen molar-refractivity contribution in [3.8, 4) is 5.75 Å². The van der Waals surface area contributed by atoms with Gasteiger partial charge in [-0.3, -0.25) is 0 Å². The van der Waals surface area contributed by atoms with Gasteiger partial charge in [-0.1, -0.05) is 0 Å². The zero-order valence-electron chi connectivity index (χ0n) is 17.3. The molecule has 0 radical (unpaired) electrons. The molecule has 0 aromatic heterocycles. The first kappa shape index (κ1) is 24.9. The Morgan fingerprint density at radius 3 is 2.13 bits per heavy atom. The van der Waals surface area contributed by atoms with Gasteiger partial charge in [0.1, 0.15) is 36.3 Å². The van der Waals surface area contributed by atoms with E-state index in [0.717, 1.165) is 0 Å². The molecular formula is C20H33NO9. The van der Waals surface area contributed by atoms with Crippen molar-refractivity contribution >= 4 is 0 Å². The Balaban J connectivity index is 1.77. The molecule has 30 heavy (non-hydrogen) atoms. The maximum atomic E-state index is 10.5. The molecule has 0 amide bonds. The molecule has 1 aromatic rings. The summed E-state index contributed by atoms with van der Waals surface area (Å²) in [5.41, 5.74) is -0.555. The van der Waals surface area contributed by atoms with Crippen LogP contribution in [0.2, 0.25) is 0 Å². The van der Waals surface area contributed by atoms with Crippen molar-refractivity contribution in [2.75, 3.05) is 39.5 Å². The molecular weight excluding hydrogens is 398 g/mol. The maximum absolute atomic E-state index is 10.5. The molecule has 1 heterocycles. The molecule has 1 aliphatic rings. The first-order chi connectivity index (χ1) is 14.1. The SMILES string of the molecule is CC(C)(O)C1(c2ccc(OCCNC[C@H](O)[C@@H](O)[C@H](O)[C@H](O)CO)cc2)OCCO1. The number of benzene rings is 1. The second-order valence-electron chi connectivity index (χ2n) is 7.75. The second kappa shape index (κ2) is 10.8. The zero-order chi connectivity index (χ0) is 22.4. The lowest BCUT2D eigenvalue weighted by Gasteiger charge is -2.38. The van der Waals surface area contributed by atoms with Crippen LogP contribution < -0.4 is 10.1 Å². The van der Waals surface area contributed by atoms with Crippen molar-refractivity contribution in [2.45, 2.75) is 49.7 Å². The first-order valence-corrected chi connectivity index (χ1v) is 9.90. The molecule has 0 unspecified atom stereocenters. The van der Waals surface area contributed by atoms with E-state index < -0.39 is 42.4 Å². The van der Waals surface area contributed by atoms with Crippen LogP contribution in [-0.4, -0.2) is 100 Å². The molecule has 0 saturated carbocycles. The summed E-state index contributed by atoms with van der Waals surface area (Å²) in [7, 11) is 0. The molecule has 10 nitrogen and oxygen atoms in total. The number of aliphatic hydroxyl groups excluding tert-OH is 5. The lowest BCUT2D eigenvalue weighted by atomic mass is 9.90. The largest absolute Gasteiger partial charge is 0.492 e. The third-order valence-corrected chi connectivity index (χ3v) is 4.96. The zero-order valence-corrected chi connectivity index (χ0v) is 17.3. The summed E-state index contributed by atoms with van der Waals surface area (Å²) < 4.78 is 17.0. The predicted octanol–water partition coefficient (Wildman–Crippen LogP) is -1.94. The van der Waals surface area contributed by atoms with Gasteiger partial charge in [0.2, 0.25) is 5.79 Å². The summed E-state index contributed by atoms with van der Waals surface area (Å²) in [6.45, 7) is 3.90. The van der Waals surface area contributed by atoms with E-state index in [2.05, 4.69) is 5.32 Å². The monoisotopic (exact) mass is 431 g/mol. The van der Waals surface area contributed by atoms with E-state index in [1.54, 1.807) is 38.1 Å². The average molecular weight is 431 g/mol. The molecule has 1 aliphatic heterocycles. The van der Waals surface area contributed by atoms with E-state index in [0.29, 0.717) is 31.1 Å². The summed E-state index contributed by atoms with van der Waals surface area (Å²) in [6.07, 6.45) is -6.11. The highest BCUT2D eigenvalue weighted by Gasteiger charge is 2.51. The van der Waals surface area contributed by atoms with Crippen LogP contribution in [0.4, 0.5) is 0 Å². The van der Waals surface area contributed by atoms with E-state index in [1.807, 2.05) is 0 Å². The smallest absolute Gasteiger partial charge is 0.224 e. The summed E-state index contributed by atoms with van der Waals surface area (Å²) in [5, 5.41) is 60.5. The topological polar surface area (TPSA) is 161 Å². The molecule has 1 fully saturated rings. The van der Waals surface area contributed by atoms with Gasteiger partial charge in [0, 0.05) is 18.7 Å². The van der Waals surface area contributed by atoms with Crippen molar-refractivity contribution in [3.05, 3.63) is 29.8 Å². The van der Waals surface area contributed by atoms with Gasteiger partial charge in [0.25, 0.3) is 0 Å². The number of ether oxygens (including phenoxy) is 3. The van der Waals surface area contributed by atoms with Gasteiger partial charge in [-0.25, -0.2) is 0 Å².